The van der Waals surface area contributed by atoms with Crippen molar-refractivity contribution in [3.63, 3.8) is 0 Å². The van der Waals surface area contributed by atoms with Crippen LogP contribution in [0, 0.1) is 0 Å². The van der Waals surface area contributed by atoms with Crippen LogP contribution >= 0.6 is 0 Å². The number of aromatic amines is 1. The summed E-state index contributed by atoms with van der Waals surface area (Å²) in [6, 6.07) is 12.4. The van der Waals surface area contributed by atoms with Gasteiger partial charge in [0, 0.05) is 37.5 Å². The van der Waals surface area contributed by atoms with Crippen molar-refractivity contribution < 1.29 is 19.1 Å². The SMILES string of the molecule is CN1C(=O)c2ccccc2C(C(=O)NCCc2cnc[nH]2)C1c1ccc2c(c1)OCO2. The molecular weight excluding hydrogens is 396 g/mol. The zero-order valence-electron chi connectivity index (χ0n) is 17.0. The van der Waals surface area contributed by atoms with Crippen LogP contribution in [0.4, 0.5) is 0 Å². The van der Waals surface area contributed by atoms with Gasteiger partial charge in [-0.05, 0) is 29.3 Å². The Kier molecular flexibility index (Phi) is 4.82. The molecule has 2 unspecified atom stereocenters. The maximum absolute atomic E-state index is 13.4. The summed E-state index contributed by atoms with van der Waals surface area (Å²) in [6.45, 7) is 0.629. The third-order valence-corrected chi connectivity index (χ3v) is 5.85. The van der Waals surface area contributed by atoms with E-state index in [0.29, 0.717) is 30.0 Å². The smallest absolute Gasteiger partial charge is 0.254 e. The molecule has 0 saturated heterocycles. The van der Waals surface area contributed by atoms with Crippen LogP contribution in [0.15, 0.2) is 55.0 Å². The number of imidazole rings is 1. The quantitative estimate of drug-likeness (QED) is 0.663. The van der Waals surface area contributed by atoms with Crippen molar-refractivity contribution in [2.75, 3.05) is 20.4 Å². The Bertz CT molecular complexity index is 1130. The fraction of sp³-hybridized carbons (Fsp3) is 0.261. The molecule has 3 aromatic rings. The maximum Gasteiger partial charge on any atom is 0.254 e. The molecule has 0 radical (unpaired) electrons. The molecule has 0 bridgehead atoms. The molecule has 8 heteroatoms. The molecule has 0 aliphatic carbocycles. The zero-order chi connectivity index (χ0) is 21.4. The van der Waals surface area contributed by atoms with Gasteiger partial charge in [-0.2, -0.15) is 0 Å². The van der Waals surface area contributed by atoms with E-state index in [0.717, 1.165) is 16.8 Å². The van der Waals surface area contributed by atoms with Crippen LogP contribution in [-0.2, 0) is 11.2 Å². The normalized spacial score (nSPS) is 19.3. The molecular formula is C23H22N4O4. The minimum absolute atomic E-state index is 0.111. The highest BCUT2D eigenvalue weighted by atomic mass is 16.7. The number of carbonyl (C=O) groups is 2. The second-order valence-electron chi connectivity index (χ2n) is 7.66. The largest absolute Gasteiger partial charge is 0.454 e. The summed E-state index contributed by atoms with van der Waals surface area (Å²) >= 11 is 0. The van der Waals surface area contributed by atoms with E-state index in [-0.39, 0.29) is 18.6 Å². The monoisotopic (exact) mass is 418 g/mol. The van der Waals surface area contributed by atoms with Crippen LogP contribution in [0.25, 0.3) is 0 Å². The number of aromatic nitrogens is 2. The van der Waals surface area contributed by atoms with Gasteiger partial charge < -0.3 is 24.7 Å². The van der Waals surface area contributed by atoms with Crippen molar-refractivity contribution in [1.29, 1.82) is 0 Å². The van der Waals surface area contributed by atoms with Gasteiger partial charge >= 0.3 is 0 Å². The van der Waals surface area contributed by atoms with E-state index in [1.807, 2.05) is 36.4 Å². The number of likely N-dealkylation sites (N-methyl/N-ethyl adjacent to an activating group) is 1. The first kappa shape index (κ1) is 19.2. The van der Waals surface area contributed by atoms with E-state index in [1.54, 1.807) is 30.5 Å². The van der Waals surface area contributed by atoms with Crippen molar-refractivity contribution in [2.24, 2.45) is 0 Å². The van der Waals surface area contributed by atoms with Crippen molar-refractivity contribution in [2.45, 2.75) is 18.4 Å². The minimum atomic E-state index is -0.555. The molecule has 8 nitrogen and oxygen atoms in total. The molecule has 2 amide bonds. The molecule has 5 rings (SSSR count). The van der Waals surface area contributed by atoms with Crippen molar-refractivity contribution in [3.05, 3.63) is 77.4 Å². The van der Waals surface area contributed by atoms with Gasteiger partial charge in [-0.1, -0.05) is 24.3 Å². The molecule has 158 valence electrons. The van der Waals surface area contributed by atoms with Crippen molar-refractivity contribution in [1.82, 2.24) is 20.2 Å². The summed E-state index contributed by atoms with van der Waals surface area (Å²) in [5.41, 5.74) is 3.05. The Hall–Kier alpha value is -3.81. The maximum atomic E-state index is 13.4. The number of fused-ring (bicyclic) bond motifs is 2. The standard InChI is InChI=1S/C23H22N4O4/c1-27-21(14-6-7-18-19(10-14)31-13-30-18)20(16-4-2-3-5-17(16)23(27)29)22(28)25-9-8-15-11-24-12-26-15/h2-7,10-12,20-21H,8-9,13H2,1H3,(H,24,26)(H,25,28). The Balaban J connectivity index is 1.49. The lowest BCUT2D eigenvalue weighted by Crippen LogP contribution is -2.46. The van der Waals surface area contributed by atoms with Crippen LogP contribution in [0.1, 0.15) is 39.1 Å². The molecule has 0 saturated carbocycles. The molecule has 2 N–H and O–H groups in total. The number of hydrogen-bond acceptors (Lipinski definition) is 5. The molecule has 31 heavy (non-hydrogen) atoms. The summed E-state index contributed by atoms with van der Waals surface area (Å²) in [4.78, 5) is 35.2. The number of ether oxygens (including phenoxy) is 2. The van der Waals surface area contributed by atoms with E-state index in [9.17, 15) is 9.59 Å². The van der Waals surface area contributed by atoms with Crippen LogP contribution in [-0.4, -0.2) is 47.1 Å². The molecule has 1 aromatic heterocycles. The third-order valence-electron chi connectivity index (χ3n) is 5.85. The fourth-order valence-corrected chi connectivity index (χ4v) is 4.32. The first-order chi connectivity index (χ1) is 15.1. The zero-order valence-corrected chi connectivity index (χ0v) is 17.0. The van der Waals surface area contributed by atoms with Gasteiger partial charge in [0.05, 0.1) is 18.3 Å². The van der Waals surface area contributed by atoms with Gasteiger partial charge in [-0.25, -0.2) is 4.98 Å². The highest BCUT2D eigenvalue weighted by Crippen LogP contribution is 2.44. The third kappa shape index (κ3) is 3.39. The van der Waals surface area contributed by atoms with Gasteiger partial charge in [0.15, 0.2) is 11.5 Å². The number of nitrogens with zero attached hydrogens (tertiary/aromatic N) is 2. The highest BCUT2D eigenvalue weighted by molar-refractivity contribution is 6.01. The number of hydrogen-bond donors (Lipinski definition) is 2. The summed E-state index contributed by atoms with van der Waals surface area (Å²) in [6.07, 6.45) is 4.00. The number of benzene rings is 2. The lowest BCUT2D eigenvalue weighted by Gasteiger charge is -2.39. The number of nitrogens with one attached hydrogen (secondary N) is 2. The summed E-state index contributed by atoms with van der Waals surface area (Å²) in [5.74, 6) is 0.486. The Labute approximate surface area is 179 Å². The lowest BCUT2D eigenvalue weighted by molar-refractivity contribution is -0.124. The summed E-state index contributed by atoms with van der Waals surface area (Å²) in [7, 11) is 1.73. The summed E-state index contributed by atoms with van der Waals surface area (Å²) < 4.78 is 10.9. The number of rotatable bonds is 5. The van der Waals surface area contributed by atoms with E-state index in [1.165, 1.54) is 0 Å². The van der Waals surface area contributed by atoms with Crippen LogP contribution < -0.4 is 14.8 Å². The van der Waals surface area contributed by atoms with Crippen molar-refractivity contribution in [3.8, 4) is 11.5 Å². The average molecular weight is 418 g/mol. The predicted molar refractivity (Wildman–Crippen MR) is 112 cm³/mol. The topological polar surface area (TPSA) is 96.6 Å². The number of amides is 2. The molecule has 2 aliphatic heterocycles. The fourth-order valence-electron chi connectivity index (χ4n) is 4.32. The number of carbonyl (C=O) groups excluding carboxylic acids is 2. The molecule has 2 aromatic carbocycles. The Morgan fingerprint density at radius 1 is 1.23 bits per heavy atom. The van der Waals surface area contributed by atoms with Crippen LogP contribution in [0.2, 0.25) is 0 Å². The first-order valence-electron chi connectivity index (χ1n) is 10.1. The highest BCUT2D eigenvalue weighted by Gasteiger charge is 2.42. The molecule has 0 spiro atoms. The minimum Gasteiger partial charge on any atom is -0.454 e. The van der Waals surface area contributed by atoms with Gasteiger partial charge in [-0.3, -0.25) is 9.59 Å². The van der Waals surface area contributed by atoms with Gasteiger partial charge in [0.1, 0.15) is 0 Å². The van der Waals surface area contributed by atoms with Crippen LogP contribution in [0.5, 0.6) is 11.5 Å². The first-order valence-corrected chi connectivity index (χ1v) is 10.1. The van der Waals surface area contributed by atoms with E-state index in [2.05, 4.69) is 15.3 Å². The number of H-pyrrole nitrogens is 1. The van der Waals surface area contributed by atoms with E-state index < -0.39 is 12.0 Å². The molecule has 0 fully saturated rings. The lowest BCUT2D eigenvalue weighted by atomic mass is 9.79. The van der Waals surface area contributed by atoms with E-state index >= 15 is 0 Å². The summed E-state index contributed by atoms with van der Waals surface area (Å²) in [5, 5.41) is 3.04. The van der Waals surface area contributed by atoms with Crippen molar-refractivity contribution >= 4 is 11.8 Å². The van der Waals surface area contributed by atoms with Gasteiger partial charge in [-0.15, -0.1) is 0 Å². The Morgan fingerprint density at radius 2 is 2.06 bits per heavy atom. The Morgan fingerprint density at radius 3 is 2.90 bits per heavy atom. The van der Waals surface area contributed by atoms with Gasteiger partial charge in [0.25, 0.3) is 5.91 Å². The molecule has 2 aliphatic rings. The second kappa shape index (κ2) is 7.79. The van der Waals surface area contributed by atoms with Gasteiger partial charge in [0.2, 0.25) is 12.7 Å². The molecule has 2 atom stereocenters. The second-order valence-corrected chi connectivity index (χ2v) is 7.66. The molecule has 3 heterocycles. The van der Waals surface area contributed by atoms with E-state index in [4.69, 9.17) is 9.47 Å². The van der Waals surface area contributed by atoms with Crippen LogP contribution in [0.3, 0.4) is 0 Å². The average Bonchev–Trinajstić information content (AvgIpc) is 3.47. The predicted octanol–water partition coefficient (Wildman–Crippen LogP) is 2.41.